The lowest BCUT2D eigenvalue weighted by molar-refractivity contribution is -0.123. The Balaban J connectivity index is 1.58. The summed E-state index contributed by atoms with van der Waals surface area (Å²) < 4.78 is 5.58. The molecule has 0 saturated heterocycles. The van der Waals surface area contributed by atoms with Crippen LogP contribution in [-0.4, -0.2) is 18.7 Å². The van der Waals surface area contributed by atoms with E-state index in [1.807, 2.05) is 59.3 Å². The van der Waals surface area contributed by atoms with Gasteiger partial charge in [-0.05, 0) is 28.3 Å². The topological polar surface area (TPSA) is 50.7 Å². The van der Waals surface area contributed by atoms with Crippen LogP contribution >= 0.6 is 11.3 Å². The van der Waals surface area contributed by atoms with E-state index in [2.05, 4.69) is 10.5 Å². The van der Waals surface area contributed by atoms with Crippen molar-refractivity contribution in [2.75, 3.05) is 6.61 Å². The predicted octanol–water partition coefficient (Wildman–Crippen LogP) is 3.43. The molecular weight excluding hydrogens is 296 g/mol. The van der Waals surface area contributed by atoms with Crippen molar-refractivity contribution >= 4 is 34.2 Å². The van der Waals surface area contributed by atoms with E-state index in [4.69, 9.17) is 4.74 Å². The van der Waals surface area contributed by atoms with Gasteiger partial charge in [-0.2, -0.15) is 16.4 Å². The van der Waals surface area contributed by atoms with Crippen molar-refractivity contribution in [3.63, 3.8) is 0 Å². The molecule has 5 heteroatoms. The highest BCUT2D eigenvalue weighted by atomic mass is 32.1. The Kier molecular flexibility index (Phi) is 4.46. The Morgan fingerprint density at radius 2 is 2.05 bits per heavy atom. The number of hydrogen-bond donors (Lipinski definition) is 1. The third kappa shape index (κ3) is 3.51. The summed E-state index contributed by atoms with van der Waals surface area (Å²) in [6, 6.07) is 15.6. The third-order valence-electron chi connectivity index (χ3n) is 3.05. The molecule has 110 valence electrons. The maximum atomic E-state index is 11.7. The van der Waals surface area contributed by atoms with Gasteiger partial charge in [-0.25, -0.2) is 5.43 Å². The van der Waals surface area contributed by atoms with Gasteiger partial charge in [0.2, 0.25) is 0 Å². The number of ether oxygens (including phenoxy) is 1. The molecule has 0 atom stereocenters. The monoisotopic (exact) mass is 310 g/mol. The predicted molar refractivity (Wildman–Crippen MR) is 89.5 cm³/mol. The minimum atomic E-state index is -0.292. The molecule has 1 amide bonds. The van der Waals surface area contributed by atoms with E-state index >= 15 is 0 Å². The molecule has 0 aliphatic carbocycles. The number of benzene rings is 2. The van der Waals surface area contributed by atoms with Crippen LogP contribution in [0.1, 0.15) is 5.56 Å². The fraction of sp³-hybridized carbons (Fsp3) is 0.0588. The number of hydrogen-bond acceptors (Lipinski definition) is 4. The Hall–Kier alpha value is -2.66. The summed E-state index contributed by atoms with van der Waals surface area (Å²) in [7, 11) is 0. The molecule has 0 aliphatic rings. The van der Waals surface area contributed by atoms with Gasteiger partial charge >= 0.3 is 0 Å². The Morgan fingerprint density at radius 3 is 2.91 bits per heavy atom. The molecule has 1 aromatic heterocycles. The summed E-state index contributed by atoms with van der Waals surface area (Å²) in [6.45, 7) is -0.0744. The van der Waals surface area contributed by atoms with Gasteiger partial charge in [-0.15, -0.1) is 0 Å². The van der Waals surface area contributed by atoms with E-state index in [-0.39, 0.29) is 12.5 Å². The Labute approximate surface area is 132 Å². The Morgan fingerprint density at radius 1 is 1.18 bits per heavy atom. The number of rotatable bonds is 5. The van der Waals surface area contributed by atoms with Crippen molar-refractivity contribution in [3.05, 3.63) is 64.9 Å². The van der Waals surface area contributed by atoms with E-state index in [9.17, 15) is 4.79 Å². The van der Waals surface area contributed by atoms with Crippen molar-refractivity contribution in [3.8, 4) is 5.75 Å². The average Bonchev–Trinajstić information content (AvgIpc) is 3.06. The number of thiophene rings is 1. The van der Waals surface area contributed by atoms with Crippen molar-refractivity contribution in [2.24, 2.45) is 5.10 Å². The first-order chi connectivity index (χ1) is 10.8. The number of fused-ring (bicyclic) bond motifs is 1. The average molecular weight is 310 g/mol. The van der Waals surface area contributed by atoms with E-state index in [0.717, 1.165) is 16.3 Å². The first-order valence-electron chi connectivity index (χ1n) is 6.77. The van der Waals surface area contributed by atoms with Gasteiger partial charge < -0.3 is 4.74 Å². The van der Waals surface area contributed by atoms with Gasteiger partial charge in [0.25, 0.3) is 5.91 Å². The summed E-state index contributed by atoms with van der Waals surface area (Å²) in [5, 5.41) is 9.85. The molecule has 1 N–H and O–H groups in total. The van der Waals surface area contributed by atoms with Gasteiger partial charge in [0.05, 0.1) is 6.21 Å². The van der Waals surface area contributed by atoms with E-state index in [1.54, 1.807) is 17.6 Å². The summed E-state index contributed by atoms with van der Waals surface area (Å²) in [6.07, 6.45) is 1.60. The lowest BCUT2D eigenvalue weighted by Crippen LogP contribution is -2.24. The molecule has 4 nitrogen and oxygen atoms in total. The van der Waals surface area contributed by atoms with E-state index in [0.29, 0.717) is 5.75 Å². The zero-order valence-corrected chi connectivity index (χ0v) is 12.5. The van der Waals surface area contributed by atoms with Crippen molar-refractivity contribution in [2.45, 2.75) is 0 Å². The highest BCUT2D eigenvalue weighted by Gasteiger charge is 2.04. The molecule has 0 radical (unpaired) electrons. The zero-order chi connectivity index (χ0) is 15.2. The lowest BCUT2D eigenvalue weighted by atomic mass is 10.1. The molecule has 2 aromatic carbocycles. The highest BCUT2D eigenvalue weighted by Crippen LogP contribution is 2.24. The highest BCUT2D eigenvalue weighted by molar-refractivity contribution is 7.08. The number of carbonyl (C=O) groups excluding carboxylic acids is 1. The summed E-state index contributed by atoms with van der Waals surface area (Å²) in [5.74, 6) is 0.398. The molecule has 0 fully saturated rings. The second kappa shape index (κ2) is 6.87. The first-order valence-corrected chi connectivity index (χ1v) is 7.72. The minimum Gasteiger partial charge on any atom is -0.483 e. The quantitative estimate of drug-likeness (QED) is 0.580. The van der Waals surface area contributed by atoms with Crippen LogP contribution in [-0.2, 0) is 4.79 Å². The molecule has 0 bridgehead atoms. The second-order valence-corrected chi connectivity index (χ2v) is 5.40. The number of carbonyl (C=O) groups is 1. The van der Waals surface area contributed by atoms with E-state index < -0.39 is 0 Å². The van der Waals surface area contributed by atoms with Gasteiger partial charge in [0.1, 0.15) is 5.75 Å². The summed E-state index contributed by atoms with van der Waals surface area (Å²) in [4.78, 5) is 11.7. The van der Waals surface area contributed by atoms with Crippen molar-refractivity contribution < 1.29 is 9.53 Å². The normalized spacial score (nSPS) is 10.9. The lowest BCUT2D eigenvalue weighted by Gasteiger charge is -2.08. The van der Waals surface area contributed by atoms with Gasteiger partial charge in [0, 0.05) is 10.9 Å². The summed E-state index contributed by atoms with van der Waals surface area (Å²) >= 11 is 1.58. The largest absolute Gasteiger partial charge is 0.483 e. The first kappa shape index (κ1) is 14.3. The van der Waals surface area contributed by atoms with Crippen molar-refractivity contribution in [1.29, 1.82) is 0 Å². The number of amides is 1. The second-order valence-electron chi connectivity index (χ2n) is 4.62. The van der Waals surface area contributed by atoms with Gasteiger partial charge in [-0.1, -0.05) is 36.4 Å². The molecule has 0 aliphatic heterocycles. The fourth-order valence-electron chi connectivity index (χ4n) is 2.02. The number of hydrazone groups is 1. The maximum Gasteiger partial charge on any atom is 0.277 e. The van der Waals surface area contributed by atoms with Crippen LogP contribution in [0.2, 0.25) is 0 Å². The Bertz CT molecular complexity index is 792. The van der Waals surface area contributed by atoms with Crippen LogP contribution in [0.25, 0.3) is 10.8 Å². The molecule has 0 unspecified atom stereocenters. The van der Waals surface area contributed by atoms with Crippen LogP contribution in [0.5, 0.6) is 5.75 Å². The molecule has 1 heterocycles. The fourth-order valence-corrected chi connectivity index (χ4v) is 2.64. The standard InChI is InChI=1S/C17H14N2O2S/c20-17(19-18-10-13-8-9-22-12-13)11-21-16-7-3-5-14-4-1-2-6-15(14)16/h1-10,12H,11H2,(H,19,20)/b18-10+. The molecular formula is C17H14N2O2S. The third-order valence-corrected chi connectivity index (χ3v) is 3.76. The van der Waals surface area contributed by atoms with Crippen LogP contribution in [0.15, 0.2) is 64.4 Å². The van der Waals surface area contributed by atoms with Crippen molar-refractivity contribution in [1.82, 2.24) is 5.43 Å². The van der Waals surface area contributed by atoms with Crippen LogP contribution in [0.3, 0.4) is 0 Å². The van der Waals surface area contributed by atoms with E-state index in [1.165, 1.54) is 0 Å². The van der Waals surface area contributed by atoms with Gasteiger partial charge in [0.15, 0.2) is 6.61 Å². The minimum absolute atomic E-state index is 0.0744. The smallest absolute Gasteiger partial charge is 0.277 e. The zero-order valence-electron chi connectivity index (χ0n) is 11.7. The molecule has 3 rings (SSSR count). The van der Waals surface area contributed by atoms with Crippen LogP contribution < -0.4 is 10.2 Å². The molecule has 3 aromatic rings. The number of nitrogens with zero attached hydrogens (tertiary/aromatic N) is 1. The summed E-state index contributed by atoms with van der Waals surface area (Å²) in [5.41, 5.74) is 3.41. The molecule has 22 heavy (non-hydrogen) atoms. The SMILES string of the molecule is O=C(COc1cccc2ccccc12)N/N=C/c1ccsc1. The number of nitrogens with one attached hydrogen (secondary N) is 1. The molecule has 0 spiro atoms. The van der Waals surface area contributed by atoms with Crippen LogP contribution in [0, 0.1) is 0 Å². The maximum absolute atomic E-state index is 11.7. The molecule has 0 saturated carbocycles. The van der Waals surface area contributed by atoms with Gasteiger partial charge in [-0.3, -0.25) is 4.79 Å². The van der Waals surface area contributed by atoms with Crippen LogP contribution in [0.4, 0.5) is 0 Å².